The predicted octanol–water partition coefficient (Wildman–Crippen LogP) is 2.93. The van der Waals surface area contributed by atoms with Crippen LogP contribution in [0.25, 0.3) is 0 Å². The summed E-state index contributed by atoms with van der Waals surface area (Å²) in [5, 5.41) is 0. The Morgan fingerprint density at radius 1 is 1.42 bits per heavy atom. The molecule has 0 amide bonds. The molecule has 0 aromatic heterocycles. The van der Waals surface area contributed by atoms with Crippen LogP contribution in [-0.2, 0) is 0 Å². The summed E-state index contributed by atoms with van der Waals surface area (Å²) in [5.74, 6) is 0. The molecule has 0 rings (SSSR count). The molecule has 0 aliphatic carbocycles. The SMILES string of the molecule is C=C(C)C(C)(C)CN(C)C(C)C. The van der Waals surface area contributed by atoms with Crippen LogP contribution >= 0.6 is 0 Å². The molecule has 0 aromatic carbocycles. The second kappa shape index (κ2) is 4.08. The van der Waals surface area contributed by atoms with Gasteiger partial charge in [-0.25, -0.2) is 0 Å². The van der Waals surface area contributed by atoms with Crippen molar-refractivity contribution in [3.63, 3.8) is 0 Å². The Morgan fingerprint density at radius 2 is 1.83 bits per heavy atom. The molecule has 0 spiro atoms. The van der Waals surface area contributed by atoms with E-state index in [-0.39, 0.29) is 5.41 Å². The zero-order valence-corrected chi connectivity index (χ0v) is 9.44. The van der Waals surface area contributed by atoms with Gasteiger partial charge in [-0.3, -0.25) is 0 Å². The van der Waals surface area contributed by atoms with Gasteiger partial charge in [0, 0.05) is 12.6 Å². The highest BCUT2D eigenvalue weighted by Gasteiger charge is 2.21. The van der Waals surface area contributed by atoms with E-state index in [1.807, 2.05) is 0 Å². The second-order valence-corrected chi connectivity index (χ2v) is 4.67. The molecule has 0 aromatic rings. The summed E-state index contributed by atoms with van der Waals surface area (Å²) in [6.07, 6.45) is 0. The lowest BCUT2D eigenvalue weighted by Gasteiger charge is -2.33. The second-order valence-electron chi connectivity index (χ2n) is 4.67. The Morgan fingerprint density at radius 3 is 2.08 bits per heavy atom. The van der Waals surface area contributed by atoms with Gasteiger partial charge in [0.15, 0.2) is 0 Å². The average Bonchev–Trinajstić information content (AvgIpc) is 1.85. The van der Waals surface area contributed by atoms with Gasteiger partial charge in [0.2, 0.25) is 0 Å². The highest BCUT2D eigenvalue weighted by Crippen LogP contribution is 2.25. The van der Waals surface area contributed by atoms with Gasteiger partial charge in [-0.1, -0.05) is 26.0 Å². The maximum absolute atomic E-state index is 4.01. The molecular weight excluding hydrogens is 146 g/mol. The Balaban J connectivity index is 4.15. The quantitative estimate of drug-likeness (QED) is 0.585. The topological polar surface area (TPSA) is 3.24 Å². The standard InChI is InChI=1S/C11H23N/c1-9(2)11(5,6)8-12(7)10(3)4/h10H,1,8H2,2-7H3. The molecule has 12 heavy (non-hydrogen) atoms. The zero-order chi connectivity index (χ0) is 9.94. The summed E-state index contributed by atoms with van der Waals surface area (Å²) >= 11 is 0. The van der Waals surface area contributed by atoms with E-state index in [4.69, 9.17) is 0 Å². The minimum Gasteiger partial charge on any atom is -0.303 e. The van der Waals surface area contributed by atoms with Crippen LogP contribution in [0, 0.1) is 5.41 Å². The van der Waals surface area contributed by atoms with E-state index in [0.717, 1.165) is 6.54 Å². The summed E-state index contributed by atoms with van der Waals surface area (Å²) in [4.78, 5) is 2.36. The summed E-state index contributed by atoms with van der Waals surface area (Å²) in [6, 6.07) is 0.614. The van der Waals surface area contributed by atoms with Crippen molar-refractivity contribution in [3.05, 3.63) is 12.2 Å². The maximum Gasteiger partial charge on any atom is 0.00695 e. The first-order valence-corrected chi connectivity index (χ1v) is 4.63. The molecule has 0 aliphatic heterocycles. The number of hydrogen-bond acceptors (Lipinski definition) is 1. The Labute approximate surface area is 77.5 Å². The van der Waals surface area contributed by atoms with E-state index < -0.39 is 0 Å². The van der Waals surface area contributed by atoms with Crippen molar-refractivity contribution in [1.82, 2.24) is 4.90 Å². The Hall–Kier alpha value is -0.300. The van der Waals surface area contributed by atoms with E-state index in [1.165, 1.54) is 5.57 Å². The largest absolute Gasteiger partial charge is 0.303 e. The molecule has 0 fully saturated rings. The fourth-order valence-corrected chi connectivity index (χ4v) is 0.941. The summed E-state index contributed by atoms with van der Waals surface area (Å²) < 4.78 is 0. The fourth-order valence-electron chi connectivity index (χ4n) is 0.941. The van der Waals surface area contributed by atoms with Gasteiger partial charge in [-0.2, -0.15) is 0 Å². The molecule has 0 saturated heterocycles. The first kappa shape index (κ1) is 11.7. The lowest BCUT2D eigenvalue weighted by Crippen LogP contribution is -2.36. The summed E-state index contributed by atoms with van der Waals surface area (Å²) in [5.41, 5.74) is 1.49. The highest BCUT2D eigenvalue weighted by atomic mass is 15.1. The molecule has 0 bridgehead atoms. The number of hydrogen-bond donors (Lipinski definition) is 0. The zero-order valence-electron chi connectivity index (χ0n) is 9.44. The molecule has 0 saturated carbocycles. The van der Waals surface area contributed by atoms with E-state index >= 15 is 0 Å². The third kappa shape index (κ3) is 3.40. The van der Waals surface area contributed by atoms with Crippen LogP contribution in [0.15, 0.2) is 12.2 Å². The number of rotatable bonds is 4. The van der Waals surface area contributed by atoms with E-state index in [9.17, 15) is 0 Å². The molecule has 1 heteroatoms. The van der Waals surface area contributed by atoms with Crippen molar-refractivity contribution in [2.24, 2.45) is 5.41 Å². The molecule has 0 unspecified atom stereocenters. The van der Waals surface area contributed by atoms with Gasteiger partial charge in [-0.05, 0) is 33.2 Å². The lowest BCUT2D eigenvalue weighted by molar-refractivity contribution is 0.202. The molecule has 0 radical (unpaired) electrons. The van der Waals surface area contributed by atoms with Crippen LogP contribution in [-0.4, -0.2) is 24.5 Å². The van der Waals surface area contributed by atoms with Gasteiger partial charge >= 0.3 is 0 Å². The molecule has 0 atom stereocenters. The minimum absolute atomic E-state index is 0.235. The van der Waals surface area contributed by atoms with Gasteiger partial charge < -0.3 is 4.90 Å². The normalized spacial score (nSPS) is 12.7. The van der Waals surface area contributed by atoms with Crippen LogP contribution in [0.3, 0.4) is 0 Å². The van der Waals surface area contributed by atoms with Crippen molar-refractivity contribution >= 4 is 0 Å². The summed E-state index contributed by atoms with van der Waals surface area (Å²) in [7, 11) is 2.16. The van der Waals surface area contributed by atoms with Gasteiger partial charge in [-0.15, -0.1) is 0 Å². The van der Waals surface area contributed by atoms with E-state index in [1.54, 1.807) is 0 Å². The highest BCUT2D eigenvalue weighted by molar-refractivity contribution is 5.04. The third-order valence-corrected chi connectivity index (χ3v) is 2.68. The molecular formula is C11H23N. The molecule has 72 valence electrons. The molecule has 0 aliphatic rings. The van der Waals surface area contributed by atoms with Crippen LogP contribution in [0.2, 0.25) is 0 Å². The van der Waals surface area contributed by atoms with Crippen molar-refractivity contribution < 1.29 is 0 Å². The van der Waals surface area contributed by atoms with E-state index in [2.05, 4.69) is 53.1 Å². The first-order valence-electron chi connectivity index (χ1n) is 4.63. The molecule has 1 nitrogen and oxygen atoms in total. The monoisotopic (exact) mass is 169 g/mol. The lowest BCUT2D eigenvalue weighted by atomic mass is 9.85. The molecule has 0 N–H and O–H groups in total. The Bertz CT molecular complexity index is 156. The maximum atomic E-state index is 4.01. The first-order chi connectivity index (χ1) is 5.27. The van der Waals surface area contributed by atoms with Gasteiger partial charge in [0.1, 0.15) is 0 Å². The Kier molecular flexibility index (Phi) is 3.98. The predicted molar refractivity (Wildman–Crippen MR) is 56.4 cm³/mol. The summed E-state index contributed by atoms with van der Waals surface area (Å²) in [6.45, 7) is 16.1. The minimum atomic E-state index is 0.235. The van der Waals surface area contributed by atoms with Gasteiger partial charge in [0.05, 0.1) is 0 Å². The molecule has 0 heterocycles. The van der Waals surface area contributed by atoms with Crippen molar-refractivity contribution in [3.8, 4) is 0 Å². The van der Waals surface area contributed by atoms with E-state index in [0.29, 0.717) is 6.04 Å². The van der Waals surface area contributed by atoms with Crippen molar-refractivity contribution in [1.29, 1.82) is 0 Å². The van der Waals surface area contributed by atoms with Crippen molar-refractivity contribution in [2.75, 3.05) is 13.6 Å². The van der Waals surface area contributed by atoms with Gasteiger partial charge in [0.25, 0.3) is 0 Å². The van der Waals surface area contributed by atoms with Crippen LogP contribution in [0.1, 0.15) is 34.6 Å². The third-order valence-electron chi connectivity index (χ3n) is 2.68. The smallest absolute Gasteiger partial charge is 0.00695 e. The van der Waals surface area contributed by atoms with Crippen LogP contribution in [0.5, 0.6) is 0 Å². The fraction of sp³-hybridized carbons (Fsp3) is 0.818. The van der Waals surface area contributed by atoms with Crippen LogP contribution in [0.4, 0.5) is 0 Å². The van der Waals surface area contributed by atoms with Crippen LogP contribution < -0.4 is 0 Å². The van der Waals surface area contributed by atoms with Crippen molar-refractivity contribution in [2.45, 2.75) is 40.7 Å². The average molecular weight is 169 g/mol. The number of nitrogens with zero attached hydrogens (tertiary/aromatic N) is 1.